The van der Waals surface area contributed by atoms with Gasteiger partial charge in [0.2, 0.25) is 0 Å². The minimum Gasteiger partial charge on any atom is -0.314 e. The van der Waals surface area contributed by atoms with E-state index in [1.54, 1.807) is 0 Å². The Morgan fingerprint density at radius 2 is 2.11 bits per heavy atom. The van der Waals surface area contributed by atoms with Gasteiger partial charge in [0.05, 0.1) is 6.20 Å². The molecule has 0 saturated carbocycles. The number of nitrogens with one attached hydrogen (secondary N) is 2. The molecule has 3 nitrogen and oxygen atoms in total. The average molecular weight is 251 g/mol. The summed E-state index contributed by atoms with van der Waals surface area (Å²) in [4.78, 5) is 0. The van der Waals surface area contributed by atoms with Crippen molar-refractivity contribution in [3.05, 3.63) is 17.5 Å². The molecule has 2 unspecified atom stereocenters. The summed E-state index contributed by atoms with van der Waals surface area (Å²) in [6.07, 6.45) is 8.08. The van der Waals surface area contributed by atoms with Gasteiger partial charge in [-0.1, -0.05) is 27.2 Å². The van der Waals surface area contributed by atoms with Crippen molar-refractivity contribution in [2.24, 2.45) is 5.92 Å². The number of aromatic nitrogens is 2. The zero-order chi connectivity index (χ0) is 13.4. The van der Waals surface area contributed by atoms with Crippen molar-refractivity contribution < 1.29 is 0 Å². The van der Waals surface area contributed by atoms with Crippen molar-refractivity contribution in [1.82, 2.24) is 15.5 Å². The van der Waals surface area contributed by atoms with Crippen LogP contribution in [0.15, 0.2) is 6.20 Å². The summed E-state index contributed by atoms with van der Waals surface area (Å²) in [5.74, 6) is 0.832. The lowest BCUT2D eigenvalue weighted by Crippen LogP contribution is -2.31. The lowest BCUT2D eigenvalue weighted by molar-refractivity contribution is 0.384. The Kier molecular flexibility index (Phi) is 7.02. The van der Waals surface area contributed by atoms with Gasteiger partial charge in [0.15, 0.2) is 0 Å². The largest absolute Gasteiger partial charge is 0.314 e. The molecule has 0 amide bonds. The Morgan fingerprint density at radius 1 is 1.33 bits per heavy atom. The van der Waals surface area contributed by atoms with E-state index in [1.807, 2.05) is 6.20 Å². The Bertz CT molecular complexity index is 319. The molecule has 1 heterocycles. The van der Waals surface area contributed by atoms with E-state index in [0.717, 1.165) is 18.9 Å². The Labute approximate surface area is 112 Å². The number of aryl methyl sites for hydroxylation is 2. The van der Waals surface area contributed by atoms with Crippen LogP contribution in [0.4, 0.5) is 0 Å². The van der Waals surface area contributed by atoms with Gasteiger partial charge in [-0.05, 0) is 50.6 Å². The summed E-state index contributed by atoms with van der Waals surface area (Å²) >= 11 is 0. The molecule has 0 radical (unpaired) electrons. The van der Waals surface area contributed by atoms with Crippen LogP contribution in [0.2, 0.25) is 0 Å². The van der Waals surface area contributed by atoms with E-state index < -0.39 is 0 Å². The van der Waals surface area contributed by atoms with Crippen LogP contribution in [0, 0.1) is 12.8 Å². The van der Waals surface area contributed by atoms with E-state index in [2.05, 4.69) is 43.2 Å². The summed E-state index contributed by atoms with van der Waals surface area (Å²) in [6, 6.07) is 0.686. The Morgan fingerprint density at radius 3 is 2.67 bits per heavy atom. The number of H-pyrrole nitrogens is 1. The maximum atomic E-state index is 4.06. The minimum absolute atomic E-state index is 0.686. The molecule has 0 aliphatic carbocycles. The molecule has 0 aromatic carbocycles. The SMILES string of the molecule is CCC(C)CC(CC)NCCCc1cn[nH]c1C. The van der Waals surface area contributed by atoms with Gasteiger partial charge in [-0.15, -0.1) is 0 Å². The number of rotatable bonds is 9. The fourth-order valence-corrected chi connectivity index (χ4v) is 2.26. The van der Waals surface area contributed by atoms with Crippen LogP contribution >= 0.6 is 0 Å². The smallest absolute Gasteiger partial charge is 0.0522 e. The van der Waals surface area contributed by atoms with E-state index >= 15 is 0 Å². The molecule has 2 N–H and O–H groups in total. The number of hydrogen-bond acceptors (Lipinski definition) is 2. The maximum Gasteiger partial charge on any atom is 0.0522 e. The van der Waals surface area contributed by atoms with E-state index in [1.165, 1.54) is 36.9 Å². The van der Waals surface area contributed by atoms with E-state index in [4.69, 9.17) is 0 Å². The predicted octanol–water partition coefficient (Wildman–Crippen LogP) is 3.46. The van der Waals surface area contributed by atoms with Crippen LogP contribution in [0.5, 0.6) is 0 Å². The van der Waals surface area contributed by atoms with Crippen LogP contribution < -0.4 is 5.32 Å². The van der Waals surface area contributed by atoms with Gasteiger partial charge in [0, 0.05) is 11.7 Å². The highest BCUT2D eigenvalue weighted by molar-refractivity contribution is 5.14. The Balaban J connectivity index is 2.17. The summed E-state index contributed by atoms with van der Waals surface area (Å²) in [5.41, 5.74) is 2.56. The quantitative estimate of drug-likeness (QED) is 0.660. The highest BCUT2D eigenvalue weighted by atomic mass is 15.1. The fraction of sp³-hybridized carbons (Fsp3) is 0.800. The van der Waals surface area contributed by atoms with Gasteiger partial charge < -0.3 is 5.32 Å². The standard InChI is InChI=1S/C15H29N3/c1-5-12(3)10-15(6-2)16-9-7-8-14-11-17-18-13(14)4/h11-12,15-16H,5-10H2,1-4H3,(H,17,18). The van der Waals surface area contributed by atoms with Crippen molar-refractivity contribution in [2.45, 2.75) is 65.8 Å². The maximum absolute atomic E-state index is 4.06. The first-order valence-corrected chi connectivity index (χ1v) is 7.39. The molecule has 104 valence electrons. The van der Waals surface area contributed by atoms with Gasteiger partial charge in [-0.25, -0.2) is 0 Å². The molecule has 2 atom stereocenters. The van der Waals surface area contributed by atoms with Crippen LogP contribution in [0.25, 0.3) is 0 Å². The molecule has 18 heavy (non-hydrogen) atoms. The number of hydrogen-bond donors (Lipinski definition) is 2. The normalized spacial score (nSPS) is 14.7. The van der Waals surface area contributed by atoms with Crippen molar-refractivity contribution in [3.63, 3.8) is 0 Å². The van der Waals surface area contributed by atoms with E-state index in [0.29, 0.717) is 6.04 Å². The monoisotopic (exact) mass is 251 g/mol. The number of aromatic amines is 1. The third kappa shape index (κ3) is 5.21. The lowest BCUT2D eigenvalue weighted by atomic mass is 9.97. The van der Waals surface area contributed by atoms with Crippen molar-refractivity contribution in [2.75, 3.05) is 6.54 Å². The lowest BCUT2D eigenvalue weighted by Gasteiger charge is -2.20. The summed E-state index contributed by atoms with van der Waals surface area (Å²) < 4.78 is 0. The van der Waals surface area contributed by atoms with Crippen LogP contribution in [-0.2, 0) is 6.42 Å². The second-order valence-corrected chi connectivity index (χ2v) is 5.43. The minimum atomic E-state index is 0.686. The third-order valence-corrected chi connectivity index (χ3v) is 3.87. The van der Waals surface area contributed by atoms with Crippen molar-refractivity contribution in [3.8, 4) is 0 Å². The van der Waals surface area contributed by atoms with Crippen LogP contribution in [-0.4, -0.2) is 22.8 Å². The molecule has 0 bridgehead atoms. The van der Waals surface area contributed by atoms with Crippen LogP contribution in [0.3, 0.4) is 0 Å². The first kappa shape index (κ1) is 15.2. The molecule has 0 saturated heterocycles. The molecule has 3 heteroatoms. The molecular weight excluding hydrogens is 222 g/mol. The first-order chi connectivity index (χ1) is 8.67. The zero-order valence-electron chi connectivity index (χ0n) is 12.4. The Hall–Kier alpha value is -0.830. The summed E-state index contributed by atoms with van der Waals surface area (Å²) in [5, 5.41) is 10.7. The molecule has 1 aromatic rings. The second kappa shape index (κ2) is 8.30. The second-order valence-electron chi connectivity index (χ2n) is 5.43. The van der Waals surface area contributed by atoms with Gasteiger partial charge >= 0.3 is 0 Å². The molecule has 0 aliphatic heterocycles. The summed E-state index contributed by atoms with van der Waals surface area (Å²) in [6.45, 7) is 10.1. The molecule has 1 rings (SSSR count). The van der Waals surface area contributed by atoms with E-state index in [-0.39, 0.29) is 0 Å². The van der Waals surface area contributed by atoms with Gasteiger partial charge in [0.1, 0.15) is 0 Å². The molecule has 0 aliphatic rings. The fourth-order valence-electron chi connectivity index (χ4n) is 2.26. The number of nitrogens with zero attached hydrogens (tertiary/aromatic N) is 1. The predicted molar refractivity (Wildman–Crippen MR) is 77.8 cm³/mol. The van der Waals surface area contributed by atoms with E-state index in [9.17, 15) is 0 Å². The molecule has 1 aromatic heterocycles. The summed E-state index contributed by atoms with van der Waals surface area (Å²) in [7, 11) is 0. The highest BCUT2D eigenvalue weighted by Crippen LogP contribution is 2.12. The molecule has 0 spiro atoms. The molecular formula is C15H29N3. The van der Waals surface area contributed by atoms with Gasteiger partial charge in [-0.2, -0.15) is 5.10 Å². The van der Waals surface area contributed by atoms with Crippen molar-refractivity contribution >= 4 is 0 Å². The van der Waals surface area contributed by atoms with Gasteiger partial charge in [-0.3, -0.25) is 5.10 Å². The topological polar surface area (TPSA) is 40.7 Å². The zero-order valence-corrected chi connectivity index (χ0v) is 12.4. The van der Waals surface area contributed by atoms with Gasteiger partial charge in [0.25, 0.3) is 0 Å². The van der Waals surface area contributed by atoms with Crippen molar-refractivity contribution in [1.29, 1.82) is 0 Å². The molecule has 0 fully saturated rings. The average Bonchev–Trinajstić information content (AvgIpc) is 2.78. The first-order valence-electron chi connectivity index (χ1n) is 7.39. The third-order valence-electron chi connectivity index (χ3n) is 3.87. The van der Waals surface area contributed by atoms with Crippen LogP contribution in [0.1, 0.15) is 57.7 Å². The highest BCUT2D eigenvalue weighted by Gasteiger charge is 2.09.